The first-order valence-corrected chi connectivity index (χ1v) is 13.1. The van der Waals surface area contributed by atoms with Crippen LogP contribution in [0.2, 0.25) is 1.41 Å². The van der Waals surface area contributed by atoms with Gasteiger partial charge in [0.15, 0.2) is 1.41 Å². The number of nitrogens with one attached hydrogen (secondary N) is 3. The molecule has 0 aliphatic rings. The highest BCUT2D eigenvalue weighted by Gasteiger charge is 2.30. The third kappa shape index (κ3) is 11.9. The average Bonchev–Trinajstić information content (AvgIpc) is 2.96. The Hall–Kier alpha value is -4.47. The number of benzene rings is 2. The van der Waals surface area contributed by atoms with Gasteiger partial charge in [-0.2, -0.15) is 0 Å². The lowest BCUT2D eigenvalue weighted by atomic mass is 10.0. The van der Waals surface area contributed by atoms with Gasteiger partial charge in [-0.1, -0.05) is 74.5 Å². The Morgan fingerprint density at radius 3 is 2.23 bits per heavy atom. The lowest BCUT2D eigenvalue weighted by molar-refractivity contribution is -0.150. The third-order valence-electron chi connectivity index (χ3n) is 5.59. The zero-order valence-corrected chi connectivity index (χ0v) is 23.0. The molecule has 0 aliphatic carbocycles. The topological polar surface area (TPSA) is 140 Å². The summed E-state index contributed by atoms with van der Waals surface area (Å²) in [6.07, 6.45) is 2.59. The van der Waals surface area contributed by atoms with E-state index < -0.39 is 54.2 Å². The van der Waals surface area contributed by atoms with Crippen molar-refractivity contribution in [3.63, 3.8) is 0 Å². The molecule has 2 rings (SSSR count). The fraction of sp³-hybridized carbons (Fsp3) is 0.367. The first-order chi connectivity index (χ1) is 19.6. The fourth-order valence-electron chi connectivity index (χ4n) is 3.50. The minimum absolute atomic E-state index is 0.0411. The van der Waals surface area contributed by atoms with Crippen LogP contribution < -0.4 is 15.9 Å². The molecule has 0 saturated heterocycles. The molecule has 0 fully saturated rings. The number of rotatable bonds is 15. The Balaban J connectivity index is 2.04. The second-order valence-electron chi connectivity index (χ2n) is 9.17. The van der Waals surface area contributed by atoms with Crippen LogP contribution in [0.1, 0.15) is 44.7 Å². The first kappa shape index (κ1) is 30.1. The molecule has 214 valence electrons. The molecular formula is C30H37N3O7. The van der Waals surface area contributed by atoms with Crippen molar-refractivity contribution in [3.8, 4) is 0 Å². The molecule has 0 saturated carbocycles. The molecule has 0 aliphatic heterocycles. The summed E-state index contributed by atoms with van der Waals surface area (Å²) in [5, 5.41) is 5.43. The first-order valence-electron chi connectivity index (χ1n) is 13.6. The van der Waals surface area contributed by atoms with E-state index in [1.165, 1.54) is 6.08 Å². The number of esters is 2. The van der Waals surface area contributed by atoms with Crippen molar-refractivity contribution in [2.45, 2.75) is 52.3 Å². The van der Waals surface area contributed by atoms with Gasteiger partial charge in [0.05, 0.1) is 13.2 Å². The summed E-state index contributed by atoms with van der Waals surface area (Å²) in [4.78, 5) is 62.9. The van der Waals surface area contributed by atoms with Crippen molar-refractivity contribution in [1.82, 2.24) is 15.9 Å². The van der Waals surface area contributed by atoms with Crippen LogP contribution in [0.25, 0.3) is 6.08 Å². The molecule has 40 heavy (non-hydrogen) atoms. The molecule has 0 spiro atoms. The van der Waals surface area contributed by atoms with Gasteiger partial charge in [0, 0.05) is 12.5 Å². The van der Waals surface area contributed by atoms with Crippen molar-refractivity contribution < 1.29 is 34.9 Å². The number of amides is 3. The van der Waals surface area contributed by atoms with Crippen LogP contribution in [-0.2, 0) is 40.1 Å². The summed E-state index contributed by atoms with van der Waals surface area (Å²) in [5.41, 5.74) is 1.53. The number of hydrogen-bond acceptors (Lipinski definition) is 7. The van der Waals surface area contributed by atoms with Gasteiger partial charge >= 0.3 is 11.9 Å². The molecule has 2 atom stereocenters. The van der Waals surface area contributed by atoms with Gasteiger partial charge in [0.1, 0.15) is 18.7 Å². The van der Waals surface area contributed by atoms with Crippen LogP contribution in [0.5, 0.6) is 0 Å². The zero-order chi connectivity index (χ0) is 30.2. The van der Waals surface area contributed by atoms with E-state index in [1.54, 1.807) is 51.1 Å². The highest BCUT2D eigenvalue weighted by Crippen LogP contribution is 2.09. The van der Waals surface area contributed by atoms with Gasteiger partial charge in [-0.05, 0) is 36.5 Å². The Labute approximate surface area is 236 Å². The Bertz CT molecular complexity index is 1190. The third-order valence-corrected chi connectivity index (χ3v) is 5.59. The van der Waals surface area contributed by atoms with E-state index in [2.05, 4.69) is 10.6 Å². The van der Waals surface area contributed by atoms with Gasteiger partial charge in [-0.15, -0.1) is 0 Å². The molecule has 2 aromatic rings. The van der Waals surface area contributed by atoms with E-state index in [4.69, 9.17) is 10.9 Å². The van der Waals surface area contributed by atoms with E-state index in [1.807, 2.05) is 36.4 Å². The van der Waals surface area contributed by atoms with Crippen LogP contribution in [0.15, 0.2) is 66.7 Å². The molecule has 0 radical (unpaired) electrons. The van der Waals surface area contributed by atoms with Crippen LogP contribution in [0, 0.1) is 5.92 Å². The predicted octanol–water partition coefficient (Wildman–Crippen LogP) is 2.53. The molecule has 3 amide bonds. The lowest BCUT2D eigenvalue weighted by Gasteiger charge is -2.25. The standard InChI is InChI=1S/C30H37N3O7/c1-4-39-27(36)18-16-24(30(38)40-20-23-13-9-6-10-14-23)32-29(37)28(21(2)3)33-26(35)19-31-25(34)17-15-22-11-7-5-8-12-22/h5-15,17,21,24,28H,4,16,18-20H2,1-3H3,(H,31,34)(H,32,37)(H,33,35)/t24-,28-/m0/s1/i/hD. The normalized spacial score (nSPS) is 12.7. The van der Waals surface area contributed by atoms with E-state index in [-0.39, 0.29) is 26.1 Å². The summed E-state index contributed by atoms with van der Waals surface area (Å²) in [7, 11) is 0. The van der Waals surface area contributed by atoms with Gasteiger partial charge in [0.25, 0.3) is 0 Å². The molecule has 0 bridgehead atoms. The maximum absolute atomic E-state index is 13.2. The summed E-state index contributed by atoms with van der Waals surface area (Å²) in [5.74, 6) is -3.97. The molecule has 2 aromatic carbocycles. The summed E-state index contributed by atoms with van der Waals surface area (Å²) < 4.78 is 18.6. The zero-order valence-electron chi connectivity index (χ0n) is 24.0. The Morgan fingerprint density at radius 1 is 0.950 bits per heavy atom. The van der Waals surface area contributed by atoms with Crippen molar-refractivity contribution in [1.29, 1.82) is 0 Å². The number of ether oxygens (including phenoxy) is 2. The molecule has 10 heteroatoms. The molecule has 0 unspecified atom stereocenters. The van der Waals surface area contributed by atoms with E-state index in [0.717, 1.165) is 11.1 Å². The molecule has 0 heterocycles. The van der Waals surface area contributed by atoms with E-state index >= 15 is 0 Å². The van der Waals surface area contributed by atoms with Crippen molar-refractivity contribution >= 4 is 35.7 Å². The molecule has 0 aromatic heterocycles. The largest absolute Gasteiger partial charge is 0.466 e. The van der Waals surface area contributed by atoms with Gasteiger partial charge in [0.2, 0.25) is 17.7 Å². The number of hydrogen-bond donors (Lipinski definition) is 3. The van der Waals surface area contributed by atoms with Gasteiger partial charge in [-0.25, -0.2) is 4.79 Å². The van der Waals surface area contributed by atoms with Crippen molar-refractivity contribution in [2.24, 2.45) is 5.92 Å². The fourth-order valence-corrected chi connectivity index (χ4v) is 3.50. The molecule has 10 nitrogen and oxygen atoms in total. The number of carbonyl (C=O) groups is 5. The molecule has 3 N–H and O–H groups in total. The number of carbonyl (C=O) groups excluding carboxylic acids is 5. The van der Waals surface area contributed by atoms with E-state index in [0.29, 0.717) is 5.31 Å². The second kappa shape index (κ2) is 17.2. The van der Waals surface area contributed by atoms with Crippen molar-refractivity contribution in [3.05, 3.63) is 77.9 Å². The minimum atomic E-state index is -1.29. The maximum Gasteiger partial charge on any atom is 0.328 e. The Kier molecular flexibility index (Phi) is 12.9. The van der Waals surface area contributed by atoms with Gasteiger partial charge < -0.3 is 25.4 Å². The SMILES string of the molecule is [2H]N(C(=O)CNC(=O)C=Cc1ccccc1)[C@H](C(=O)N[C@@H](CCC(=O)OCC)C(=O)OCc1ccccc1)C(C)C. The highest BCUT2D eigenvalue weighted by atomic mass is 16.5. The summed E-state index contributed by atoms with van der Waals surface area (Å²) in [6.45, 7) is 4.55. The van der Waals surface area contributed by atoms with Crippen LogP contribution in [-0.4, -0.2) is 54.9 Å². The van der Waals surface area contributed by atoms with Crippen molar-refractivity contribution in [2.75, 3.05) is 13.2 Å². The van der Waals surface area contributed by atoms with E-state index in [9.17, 15) is 24.0 Å². The monoisotopic (exact) mass is 552 g/mol. The quantitative estimate of drug-likeness (QED) is 0.228. The molecular weight excluding hydrogens is 514 g/mol. The summed E-state index contributed by atoms with van der Waals surface area (Å²) >= 11 is 0. The van der Waals surface area contributed by atoms with Crippen LogP contribution in [0.3, 0.4) is 0 Å². The smallest absolute Gasteiger partial charge is 0.328 e. The summed E-state index contributed by atoms with van der Waals surface area (Å²) in [6, 6.07) is 15.5. The predicted molar refractivity (Wildman–Crippen MR) is 149 cm³/mol. The second-order valence-corrected chi connectivity index (χ2v) is 9.17. The van der Waals surface area contributed by atoms with Crippen LogP contribution >= 0.6 is 0 Å². The lowest BCUT2D eigenvalue weighted by Crippen LogP contribution is -2.55. The average molecular weight is 553 g/mol. The van der Waals surface area contributed by atoms with Crippen LogP contribution in [0.4, 0.5) is 0 Å². The Morgan fingerprint density at radius 2 is 1.60 bits per heavy atom. The van der Waals surface area contributed by atoms with Gasteiger partial charge in [-0.3, -0.25) is 19.2 Å². The minimum Gasteiger partial charge on any atom is -0.466 e. The highest BCUT2D eigenvalue weighted by molar-refractivity contribution is 5.95. The maximum atomic E-state index is 13.2.